The molecule has 5 heteroatoms. The largest absolute Gasteiger partial charge is 0.387 e. The molecule has 1 amide bonds. The van der Waals surface area contributed by atoms with Gasteiger partial charge in [-0.15, -0.1) is 0 Å². The molecule has 1 aliphatic heterocycles. The molecule has 0 aromatic heterocycles. The number of hydrogen-bond acceptors (Lipinski definition) is 3. The van der Waals surface area contributed by atoms with Crippen LogP contribution in [0.5, 0.6) is 0 Å². The number of amides is 1. The molecular formula is C16H23FN2O2. The Balaban J connectivity index is 1.81. The van der Waals surface area contributed by atoms with E-state index in [1.807, 2.05) is 11.8 Å². The lowest BCUT2D eigenvalue weighted by Crippen LogP contribution is -2.47. The number of rotatable bonds is 5. The van der Waals surface area contributed by atoms with E-state index < -0.39 is 6.10 Å². The fourth-order valence-corrected chi connectivity index (χ4v) is 2.57. The second-order valence-electron chi connectivity index (χ2n) is 5.58. The van der Waals surface area contributed by atoms with E-state index in [2.05, 4.69) is 5.32 Å². The smallest absolute Gasteiger partial charge is 0.239 e. The second-order valence-corrected chi connectivity index (χ2v) is 5.58. The van der Waals surface area contributed by atoms with Gasteiger partial charge in [-0.2, -0.15) is 0 Å². The van der Waals surface area contributed by atoms with Crippen molar-refractivity contribution >= 4 is 5.91 Å². The number of benzene rings is 1. The fourth-order valence-electron chi connectivity index (χ4n) is 2.57. The molecule has 0 bridgehead atoms. The molecule has 1 aliphatic rings. The van der Waals surface area contributed by atoms with E-state index in [9.17, 15) is 14.3 Å². The Kier molecular flexibility index (Phi) is 5.70. The summed E-state index contributed by atoms with van der Waals surface area (Å²) in [6.07, 6.45) is 2.57. The Morgan fingerprint density at radius 1 is 1.29 bits per heavy atom. The number of nitrogens with one attached hydrogen (secondary N) is 1. The van der Waals surface area contributed by atoms with E-state index in [0.717, 1.165) is 25.9 Å². The van der Waals surface area contributed by atoms with Crippen molar-refractivity contribution < 1.29 is 14.3 Å². The van der Waals surface area contributed by atoms with Crippen molar-refractivity contribution in [3.63, 3.8) is 0 Å². The molecule has 21 heavy (non-hydrogen) atoms. The minimum Gasteiger partial charge on any atom is -0.387 e. The van der Waals surface area contributed by atoms with Gasteiger partial charge in [0.1, 0.15) is 5.82 Å². The van der Waals surface area contributed by atoms with Crippen LogP contribution in [0.25, 0.3) is 0 Å². The van der Waals surface area contributed by atoms with E-state index in [1.54, 1.807) is 12.1 Å². The summed E-state index contributed by atoms with van der Waals surface area (Å²) in [6, 6.07) is 5.43. The highest BCUT2D eigenvalue weighted by atomic mass is 19.1. The highest BCUT2D eigenvalue weighted by Gasteiger charge is 2.22. The predicted octanol–water partition coefficient (Wildman–Crippen LogP) is 1.85. The van der Waals surface area contributed by atoms with Crippen LogP contribution in [0.3, 0.4) is 0 Å². The Labute approximate surface area is 125 Å². The third kappa shape index (κ3) is 4.51. The van der Waals surface area contributed by atoms with Gasteiger partial charge in [-0.05, 0) is 43.9 Å². The van der Waals surface area contributed by atoms with E-state index >= 15 is 0 Å². The number of nitrogens with zero attached hydrogens (tertiary/aromatic N) is 1. The number of hydrogen-bond donors (Lipinski definition) is 2. The summed E-state index contributed by atoms with van der Waals surface area (Å²) < 4.78 is 12.8. The van der Waals surface area contributed by atoms with Crippen LogP contribution in [0.1, 0.15) is 37.9 Å². The molecule has 2 atom stereocenters. The molecule has 2 N–H and O–H groups in total. The number of carbonyl (C=O) groups is 1. The van der Waals surface area contributed by atoms with Crippen molar-refractivity contribution in [1.29, 1.82) is 0 Å². The van der Waals surface area contributed by atoms with E-state index in [4.69, 9.17) is 0 Å². The zero-order valence-electron chi connectivity index (χ0n) is 12.4. The molecule has 2 unspecified atom stereocenters. The van der Waals surface area contributed by atoms with Gasteiger partial charge in [-0.25, -0.2) is 4.39 Å². The maximum atomic E-state index is 12.8. The highest BCUT2D eigenvalue weighted by molar-refractivity contribution is 5.81. The predicted molar refractivity (Wildman–Crippen MR) is 79.3 cm³/mol. The molecule has 1 heterocycles. The molecule has 1 saturated heterocycles. The monoisotopic (exact) mass is 294 g/mol. The van der Waals surface area contributed by atoms with Crippen LogP contribution in [0.4, 0.5) is 4.39 Å². The quantitative estimate of drug-likeness (QED) is 0.871. The lowest BCUT2D eigenvalue weighted by Gasteiger charge is -2.29. The van der Waals surface area contributed by atoms with Gasteiger partial charge in [-0.1, -0.05) is 12.1 Å². The first-order valence-electron chi connectivity index (χ1n) is 7.53. The minimum absolute atomic E-state index is 0.0843. The summed E-state index contributed by atoms with van der Waals surface area (Å²) in [5, 5.41) is 13.1. The van der Waals surface area contributed by atoms with Gasteiger partial charge < -0.3 is 15.3 Å². The average Bonchev–Trinajstić information content (AvgIpc) is 2.53. The van der Waals surface area contributed by atoms with Gasteiger partial charge in [0, 0.05) is 19.6 Å². The zero-order chi connectivity index (χ0) is 15.2. The van der Waals surface area contributed by atoms with Crippen LogP contribution >= 0.6 is 0 Å². The topological polar surface area (TPSA) is 52.6 Å². The van der Waals surface area contributed by atoms with Crippen molar-refractivity contribution in [2.45, 2.75) is 38.3 Å². The van der Waals surface area contributed by atoms with Crippen molar-refractivity contribution in [2.24, 2.45) is 0 Å². The Morgan fingerprint density at radius 3 is 2.52 bits per heavy atom. The average molecular weight is 294 g/mol. The zero-order valence-corrected chi connectivity index (χ0v) is 12.4. The molecule has 0 radical (unpaired) electrons. The second kappa shape index (κ2) is 7.52. The number of aliphatic hydroxyl groups excluding tert-OH is 1. The Morgan fingerprint density at radius 2 is 1.90 bits per heavy atom. The molecule has 116 valence electrons. The normalized spacial score (nSPS) is 18.3. The summed E-state index contributed by atoms with van der Waals surface area (Å²) >= 11 is 0. The number of aliphatic hydroxyl groups is 1. The lowest BCUT2D eigenvalue weighted by molar-refractivity contribution is -0.134. The first kappa shape index (κ1) is 15.9. The van der Waals surface area contributed by atoms with E-state index in [1.165, 1.54) is 18.6 Å². The van der Waals surface area contributed by atoms with Crippen molar-refractivity contribution in [3.05, 3.63) is 35.6 Å². The third-order valence-corrected chi connectivity index (χ3v) is 3.91. The molecule has 1 fully saturated rings. The summed E-state index contributed by atoms with van der Waals surface area (Å²) in [5.74, 6) is -0.242. The fraction of sp³-hybridized carbons (Fsp3) is 0.562. The van der Waals surface area contributed by atoms with Crippen LogP contribution in [0, 0.1) is 5.82 Å². The van der Waals surface area contributed by atoms with E-state index in [-0.39, 0.29) is 24.3 Å². The number of carbonyl (C=O) groups excluding carboxylic acids is 1. The highest BCUT2D eigenvalue weighted by Crippen LogP contribution is 2.13. The summed E-state index contributed by atoms with van der Waals surface area (Å²) in [5.41, 5.74) is 0.640. The van der Waals surface area contributed by atoms with Crippen LogP contribution in [0.15, 0.2) is 24.3 Å². The number of likely N-dealkylation sites (tertiary alicyclic amines) is 1. The van der Waals surface area contributed by atoms with Gasteiger partial charge in [-0.3, -0.25) is 4.79 Å². The maximum Gasteiger partial charge on any atom is 0.239 e. The third-order valence-electron chi connectivity index (χ3n) is 3.91. The first-order chi connectivity index (χ1) is 10.1. The van der Waals surface area contributed by atoms with Crippen molar-refractivity contribution in [3.8, 4) is 0 Å². The van der Waals surface area contributed by atoms with Gasteiger partial charge >= 0.3 is 0 Å². The van der Waals surface area contributed by atoms with Gasteiger partial charge in [0.25, 0.3) is 0 Å². The van der Waals surface area contributed by atoms with Crippen LogP contribution in [-0.4, -0.2) is 41.6 Å². The molecule has 1 aromatic rings. The molecule has 1 aromatic carbocycles. The minimum atomic E-state index is -0.748. The number of piperidine rings is 1. The van der Waals surface area contributed by atoms with Gasteiger partial charge in [0.2, 0.25) is 5.91 Å². The Bertz CT molecular complexity index is 458. The molecule has 0 aliphatic carbocycles. The standard InChI is InChI=1S/C16H23FN2O2/c1-12(16(21)19-9-3-2-4-10-19)18-11-15(20)13-5-7-14(17)8-6-13/h5-8,12,15,18,20H,2-4,9-11H2,1H3. The summed E-state index contributed by atoms with van der Waals surface area (Å²) in [4.78, 5) is 14.1. The molecule has 0 saturated carbocycles. The summed E-state index contributed by atoms with van der Waals surface area (Å²) in [7, 11) is 0. The SMILES string of the molecule is CC(NCC(O)c1ccc(F)cc1)C(=O)N1CCCCC1. The lowest BCUT2D eigenvalue weighted by atomic mass is 10.1. The molecule has 0 spiro atoms. The van der Waals surface area contributed by atoms with E-state index in [0.29, 0.717) is 5.56 Å². The van der Waals surface area contributed by atoms with Crippen LogP contribution < -0.4 is 5.32 Å². The Hall–Kier alpha value is -1.46. The van der Waals surface area contributed by atoms with Crippen LogP contribution in [-0.2, 0) is 4.79 Å². The number of halogens is 1. The maximum absolute atomic E-state index is 12.8. The van der Waals surface area contributed by atoms with Crippen molar-refractivity contribution in [2.75, 3.05) is 19.6 Å². The van der Waals surface area contributed by atoms with Crippen molar-refractivity contribution in [1.82, 2.24) is 10.2 Å². The molecule has 4 nitrogen and oxygen atoms in total. The van der Waals surface area contributed by atoms with Gasteiger partial charge in [0.05, 0.1) is 12.1 Å². The molecular weight excluding hydrogens is 271 g/mol. The first-order valence-corrected chi connectivity index (χ1v) is 7.53. The van der Waals surface area contributed by atoms with Gasteiger partial charge in [0.15, 0.2) is 0 Å². The summed E-state index contributed by atoms with van der Waals surface area (Å²) in [6.45, 7) is 3.73. The van der Waals surface area contributed by atoms with Crippen LogP contribution in [0.2, 0.25) is 0 Å². The molecule has 2 rings (SSSR count).